The van der Waals surface area contributed by atoms with E-state index in [4.69, 9.17) is 11.6 Å². The van der Waals surface area contributed by atoms with E-state index < -0.39 is 5.82 Å². The van der Waals surface area contributed by atoms with Crippen molar-refractivity contribution in [1.29, 1.82) is 0 Å². The van der Waals surface area contributed by atoms with Gasteiger partial charge in [0.05, 0.1) is 10.6 Å². The lowest BCUT2D eigenvalue weighted by Gasteiger charge is -2.04. The molecule has 2 rings (SSSR count). The predicted octanol–water partition coefficient (Wildman–Crippen LogP) is 4.67. The van der Waals surface area contributed by atoms with Crippen LogP contribution in [0.15, 0.2) is 46.9 Å². The fourth-order valence-corrected chi connectivity index (χ4v) is 2.27. The minimum Gasteiger partial charge on any atom is -0.294 e. The van der Waals surface area contributed by atoms with Crippen LogP contribution in [0, 0.1) is 5.82 Å². The largest absolute Gasteiger partial charge is 0.294 e. The average Bonchev–Trinajstić information content (AvgIpc) is 2.32. The normalized spacial score (nSPS) is 10.4. The Balaban J connectivity index is 2.25. The maximum absolute atomic E-state index is 13.7. The van der Waals surface area contributed by atoms with Gasteiger partial charge in [-0.25, -0.2) is 4.39 Å². The summed E-state index contributed by atoms with van der Waals surface area (Å²) in [7, 11) is 0. The summed E-state index contributed by atoms with van der Waals surface area (Å²) < 4.78 is 14.6. The Hall–Kier alpha value is -1.19. The van der Waals surface area contributed by atoms with Crippen molar-refractivity contribution < 1.29 is 9.18 Å². The van der Waals surface area contributed by atoms with Crippen molar-refractivity contribution in [2.45, 2.75) is 6.42 Å². The Kier molecular flexibility index (Phi) is 4.15. The summed E-state index contributed by atoms with van der Waals surface area (Å²) >= 11 is 8.98. The fourth-order valence-electron chi connectivity index (χ4n) is 1.65. The molecule has 0 unspecified atom stereocenters. The first-order valence-corrected chi connectivity index (χ1v) is 6.46. The van der Waals surface area contributed by atoms with E-state index in [9.17, 15) is 9.18 Å². The number of carbonyl (C=O) groups excluding carboxylic acids is 1. The molecule has 2 aromatic rings. The highest BCUT2D eigenvalue weighted by molar-refractivity contribution is 9.10. The number of halogens is 3. The van der Waals surface area contributed by atoms with Crippen LogP contribution in [0.5, 0.6) is 0 Å². The predicted molar refractivity (Wildman–Crippen MR) is 73.6 cm³/mol. The summed E-state index contributed by atoms with van der Waals surface area (Å²) in [5.41, 5.74) is 0.858. The molecule has 0 aliphatic heterocycles. The maximum atomic E-state index is 13.7. The van der Waals surface area contributed by atoms with Gasteiger partial charge in [-0.15, -0.1) is 0 Å². The second-order valence-corrected chi connectivity index (χ2v) is 5.15. The highest BCUT2D eigenvalue weighted by Crippen LogP contribution is 2.20. The minimum atomic E-state index is -0.654. The molecule has 0 saturated carbocycles. The van der Waals surface area contributed by atoms with Gasteiger partial charge in [-0.1, -0.05) is 45.7 Å². The average molecular weight is 328 g/mol. The molecule has 18 heavy (non-hydrogen) atoms. The van der Waals surface area contributed by atoms with E-state index in [0.717, 1.165) is 10.0 Å². The summed E-state index contributed by atoms with van der Waals surface area (Å²) in [5, 5.41) is -0.0323. The molecule has 0 heterocycles. The molecule has 2 aromatic carbocycles. The smallest absolute Gasteiger partial charge is 0.170 e. The molecule has 4 heteroatoms. The molecule has 92 valence electrons. The second kappa shape index (κ2) is 5.63. The van der Waals surface area contributed by atoms with Gasteiger partial charge in [-0.2, -0.15) is 0 Å². The third-order valence-electron chi connectivity index (χ3n) is 2.51. The van der Waals surface area contributed by atoms with Crippen LogP contribution in [-0.2, 0) is 6.42 Å². The van der Waals surface area contributed by atoms with Crippen LogP contribution < -0.4 is 0 Å². The summed E-state index contributed by atoms with van der Waals surface area (Å²) in [5.74, 6) is -0.938. The molecule has 0 amide bonds. The van der Waals surface area contributed by atoms with Crippen LogP contribution in [-0.4, -0.2) is 5.78 Å². The molecular formula is C14H9BrClFO. The van der Waals surface area contributed by atoms with Gasteiger partial charge in [0.1, 0.15) is 0 Å². The van der Waals surface area contributed by atoms with Gasteiger partial charge in [-0.05, 0) is 29.8 Å². The summed E-state index contributed by atoms with van der Waals surface area (Å²) in [6, 6.07) is 11.8. The van der Waals surface area contributed by atoms with E-state index in [2.05, 4.69) is 15.9 Å². The van der Waals surface area contributed by atoms with E-state index in [1.807, 2.05) is 24.3 Å². The van der Waals surface area contributed by atoms with Gasteiger partial charge >= 0.3 is 0 Å². The number of rotatable bonds is 3. The summed E-state index contributed by atoms with van der Waals surface area (Å²) in [6.45, 7) is 0. The number of Topliss-reactive ketones (excluding diaryl/α,β-unsaturated/α-hetero) is 1. The van der Waals surface area contributed by atoms with Crippen LogP contribution in [0.4, 0.5) is 4.39 Å². The van der Waals surface area contributed by atoms with E-state index in [0.29, 0.717) is 0 Å². The van der Waals surface area contributed by atoms with E-state index >= 15 is 0 Å². The van der Waals surface area contributed by atoms with Crippen molar-refractivity contribution in [2.24, 2.45) is 0 Å². The molecule has 0 bridgehead atoms. The Morgan fingerprint density at radius 1 is 1.22 bits per heavy atom. The number of ketones is 1. The van der Waals surface area contributed by atoms with Crippen LogP contribution in [0.2, 0.25) is 5.02 Å². The Labute approximate surface area is 118 Å². The molecule has 0 fully saturated rings. The first kappa shape index (κ1) is 13.2. The van der Waals surface area contributed by atoms with Crippen molar-refractivity contribution in [1.82, 2.24) is 0 Å². The topological polar surface area (TPSA) is 17.1 Å². The zero-order valence-corrected chi connectivity index (χ0v) is 11.6. The van der Waals surface area contributed by atoms with Gasteiger partial charge in [-0.3, -0.25) is 4.79 Å². The van der Waals surface area contributed by atoms with Gasteiger partial charge in [0.25, 0.3) is 0 Å². The SMILES string of the molecule is O=C(Cc1cccc(Br)c1)c1cccc(Cl)c1F. The number of hydrogen-bond donors (Lipinski definition) is 0. The monoisotopic (exact) mass is 326 g/mol. The number of carbonyl (C=O) groups is 1. The zero-order chi connectivity index (χ0) is 13.1. The highest BCUT2D eigenvalue weighted by Gasteiger charge is 2.14. The van der Waals surface area contributed by atoms with Crippen molar-refractivity contribution in [3.05, 3.63) is 68.9 Å². The molecule has 0 N–H and O–H groups in total. The lowest BCUT2D eigenvalue weighted by atomic mass is 10.0. The van der Waals surface area contributed by atoms with Crippen LogP contribution in [0.3, 0.4) is 0 Å². The molecule has 0 aliphatic rings. The third-order valence-corrected chi connectivity index (χ3v) is 3.29. The van der Waals surface area contributed by atoms with Crippen LogP contribution in [0.25, 0.3) is 0 Å². The van der Waals surface area contributed by atoms with Crippen molar-refractivity contribution in [3.8, 4) is 0 Å². The Morgan fingerprint density at radius 3 is 2.67 bits per heavy atom. The van der Waals surface area contributed by atoms with Gasteiger partial charge in [0, 0.05) is 10.9 Å². The van der Waals surface area contributed by atoms with Gasteiger partial charge < -0.3 is 0 Å². The fraction of sp³-hybridized carbons (Fsp3) is 0.0714. The number of benzene rings is 2. The molecule has 0 atom stereocenters. The highest BCUT2D eigenvalue weighted by atomic mass is 79.9. The van der Waals surface area contributed by atoms with E-state index in [1.165, 1.54) is 12.1 Å². The standard InChI is InChI=1S/C14H9BrClFO/c15-10-4-1-3-9(7-10)8-13(18)11-5-2-6-12(16)14(11)17/h1-7H,8H2. The first-order valence-electron chi connectivity index (χ1n) is 5.29. The lowest BCUT2D eigenvalue weighted by molar-refractivity contribution is 0.0989. The molecule has 0 saturated heterocycles. The molecule has 0 spiro atoms. The second-order valence-electron chi connectivity index (χ2n) is 3.83. The van der Waals surface area contributed by atoms with Gasteiger partial charge in [0.15, 0.2) is 11.6 Å². The molecular weight excluding hydrogens is 319 g/mol. The molecule has 1 nitrogen and oxygen atoms in total. The zero-order valence-electron chi connectivity index (χ0n) is 9.29. The van der Waals surface area contributed by atoms with Gasteiger partial charge in [0.2, 0.25) is 0 Å². The first-order chi connectivity index (χ1) is 8.58. The Morgan fingerprint density at radius 2 is 1.94 bits per heavy atom. The van der Waals surface area contributed by atoms with E-state index in [-0.39, 0.29) is 22.8 Å². The number of hydrogen-bond acceptors (Lipinski definition) is 1. The minimum absolute atomic E-state index is 0.0301. The van der Waals surface area contributed by atoms with Crippen molar-refractivity contribution >= 4 is 33.3 Å². The molecule has 0 aromatic heterocycles. The third kappa shape index (κ3) is 2.98. The molecule has 0 radical (unpaired) electrons. The van der Waals surface area contributed by atoms with Crippen molar-refractivity contribution in [3.63, 3.8) is 0 Å². The lowest BCUT2D eigenvalue weighted by Crippen LogP contribution is -2.06. The van der Waals surface area contributed by atoms with Crippen molar-refractivity contribution in [2.75, 3.05) is 0 Å². The Bertz CT molecular complexity index is 598. The van der Waals surface area contributed by atoms with Crippen LogP contribution >= 0.6 is 27.5 Å². The van der Waals surface area contributed by atoms with Crippen LogP contribution in [0.1, 0.15) is 15.9 Å². The quantitative estimate of drug-likeness (QED) is 0.749. The molecule has 0 aliphatic carbocycles. The summed E-state index contributed by atoms with van der Waals surface area (Å²) in [4.78, 5) is 12.0. The summed E-state index contributed by atoms with van der Waals surface area (Å²) in [6.07, 6.45) is 0.150. The van der Waals surface area contributed by atoms with E-state index in [1.54, 1.807) is 6.07 Å². The maximum Gasteiger partial charge on any atom is 0.170 e.